The molecule has 11 nitrogen and oxygen atoms in total. The summed E-state index contributed by atoms with van der Waals surface area (Å²) >= 11 is 0. The second kappa shape index (κ2) is 15.9. The number of unbranched alkanes of at least 4 members (excludes halogenated alkanes) is 3. The number of amides is 2. The van der Waals surface area contributed by atoms with E-state index in [1.165, 1.54) is 12.8 Å². The highest BCUT2D eigenvalue weighted by atomic mass is 16.5. The molecule has 0 unspecified atom stereocenters. The number of nitrogens with zero attached hydrogens (tertiary/aromatic N) is 4. The molecule has 0 spiro atoms. The number of hydrogen-bond acceptors (Lipinski definition) is 8. The maximum Gasteiger partial charge on any atom is 0.305 e. The predicted molar refractivity (Wildman–Crippen MR) is 174 cm³/mol. The topological polar surface area (TPSA) is 160 Å². The van der Waals surface area contributed by atoms with Gasteiger partial charge in [-0.15, -0.1) is 0 Å². The zero-order chi connectivity index (χ0) is 33.1. The molecule has 3 N–H and O–H groups in total. The molecule has 2 amide bonds. The number of benzene rings is 2. The van der Waals surface area contributed by atoms with E-state index in [9.17, 15) is 14.4 Å². The molecule has 4 aromatic rings. The fourth-order valence-electron chi connectivity index (χ4n) is 4.78. The highest BCUT2D eigenvalue weighted by Crippen LogP contribution is 2.23. The first-order valence-corrected chi connectivity index (χ1v) is 15.7. The lowest BCUT2D eigenvalue weighted by Gasteiger charge is -2.20. The van der Waals surface area contributed by atoms with Gasteiger partial charge in [0.15, 0.2) is 11.6 Å². The van der Waals surface area contributed by atoms with Crippen LogP contribution in [0.25, 0.3) is 22.8 Å². The Hall–Kier alpha value is -4.93. The minimum Gasteiger partial charge on any atom is -0.481 e. The van der Waals surface area contributed by atoms with E-state index in [4.69, 9.17) is 9.63 Å². The molecule has 2 aromatic heterocycles. The van der Waals surface area contributed by atoms with E-state index in [0.717, 1.165) is 36.0 Å². The van der Waals surface area contributed by atoms with Gasteiger partial charge in [0.2, 0.25) is 5.91 Å². The number of aromatic nitrogens is 4. The average molecular weight is 627 g/mol. The predicted octanol–water partition coefficient (Wildman–Crippen LogP) is 5.55. The largest absolute Gasteiger partial charge is 0.481 e. The molecule has 0 saturated heterocycles. The number of aliphatic carboxylic acids is 1. The molecule has 0 aliphatic rings. The number of aryl methyl sites for hydroxylation is 1. The summed E-state index contributed by atoms with van der Waals surface area (Å²) in [5, 5.41) is 18.5. The molecule has 0 saturated carbocycles. The Morgan fingerprint density at radius 2 is 1.61 bits per heavy atom. The number of rotatable bonds is 15. The van der Waals surface area contributed by atoms with Gasteiger partial charge in [-0.1, -0.05) is 88.5 Å². The van der Waals surface area contributed by atoms with Crippen molar-refractivity contribution >= 4 is 17.8 Å². The normalized spacial score (nSPS) is 12.0. The minimum atomic E-state index is -1.02. The van der Waals surface area contributed by atoms with Crippen LogP contribution in [0.1, 0.15) is 87.1 Å². The maximum atomic E-state index is 13.1. The molecule has 242 valence electrons. The zero-order valence-electron chi connectivity index (χ0n) is 26.9. The molecular weight excluding hydrogens is 584 g/mol. The van der Waals surface area contributed by atoms with Gasteiger partial charge in [0.25, 0.3) is 11.8 Å². The van der Waals surface area contributed by atoms with Crippen molar-refractivity contribution in [2.45, 2.75) is 84.1 Å². The van der Waals surface area contributed by atoms with Crippen LogP contribution in [0.3, 0.4) is 0 Å². The van der Waals surface area contributed by atoms with Crippen molar-refractivity contribution in [3.8, 4) is 22.8 Å². The summed E-state index contributed by atoms with van der Waals surface area (Å²) in [5.41, 5.74) is 3.64. The van der Waals surface area contributed by atoms with Crippen LogP contribution < -0.4 is 10.6 Å². The van der Waals surface area contributed by atoms with Gasteiger partial charge in [0.05, 0.1) is 12.0 Å². The van der Waals surface area contributed by atoms with E-state index >= 15 is 0 Å². The highest BCUT2D eigenvalue weighted by Gasteiger charge is 2.23. The smallest absolute Gasteiger partial charge is 0.305 e. The SMILES string of the molecule is CCCCCCc1noc(-c2cnc(-c3ccc(C[C@H](NC(=O)c4ccc(C(C)(C)C)cc4)C(=O)NCCC(=O)O)cc3)nc2)n1. The Balaban J connectivity index is 1.42. The standard InChI is InChI=1S/C35H42N6O5/c1-5-6-7-8-9-29-40-34(46-41-29)26-21-37-31(38-22-26)24-12-10-23(11-13-24)20-28(33(45)36-19-18-30(42)43)39-32(44)25-14-16-27(17-15-25)35(2,3)4/h10-17,21-22,28H,5-9,18-20H2,1-4H3,(H,36,45)(H,39,44)(H,42,43)/t28-/m0/s1. The molecule has 0 bridgehead atoms. The molecule has 0 radical (unpaired) electrons. The molecular formula is C35H42N6O5. The molecule has 46 heavy (non-hydrogen) atoms. The van der Waals surface area contributed by atoms with E-state index in [-0.39, 0.29) is 24.8 Å². The fraction of sp³-hybridized carbons (Fsp3) is 0.400. The summed E-state index contributed by atoms with van der Waals surface area (Å²) in [4.78, 5) is 50.5. The van der Waals surface area contributed by atoms with Crippen LogP contribution >= 0.6 is 0 Å². The number of carboxylic acids is 1. The Morgan fingerprint density at radius 3 is 2.24 bits per heavy atom. The van der Waals surface area contributed by atoms with Crippen molar-refractivity contribution in [1.82, 2.24) is 30.7 Å². The Labute approximate surface area is 269 Å². The van der Waals surface area contributed by atoms with Crippen LogP contribution in [-0.4, -0.2) is 55.6 Å². The quantitative estimate of drug-likeness (QED) is 0.144. The Bertz CT molecular complexity index is 1590. The van der Waals surface area contributed by atoms with E-state index in [1.54, 1.807) is 24.5 Å². The summed E-state index contributed by atoms with van der Waals surface area (Å²) < 4.78 is 5.40. The first kappa shape index (κ1) is 34.0. The van der Waals surface area contributed by atoms with Crippen LogP contribution in [0.5, 0.6) is 0 Å². The van der Waals surface area contributed by atoms with E-state index in [2.05, 4.69) is 58.4 Å². The molecule has 1 atom stereocenters. The number of carbonyl (C=O) groups is 3. The Morgan fingerprint density at radius 1 is 0.913 bits per heavy atom. The molecule has 11 heteroatoms. The molecule has 2 aromatic carbocycles. The summed E-state index contributed by atoms with van der Waals surface area (Å²) in [7, 11) is 0. The van der Waals surface area contributed by atoms with Crippen molar-refractivity contribution < 1.29 is 24.0 Å². The van der Waals surface area contributed by atoms with E-state index in [1.807, 2.05) is 36.4 Å². The fourth-order valence-corrected chi connectivity index (χ4v) is 4.78. The van der Waals surface area contributed by atoms with Gasteiger partial charge in [-0.05, 0) is 35.1 Å². The average Bonchev–Trinajstić information content (AvgIpc) is 3.51. The van der Waals surface area contributed by atoms with Crippen molar-refractivity contribution in [2.24, 2.45) is 0 Å². The molecule has 4 rings (SSSR count). The summed E-state index contributed by atoms with van der Waals surface area (Å²) in [6.07, 6.45) is 8.55. The molecule has 0 aliphatic carbocycles. The Kier molecular flexibility index (Phi) is 11.7. The molecule has 0 fully saturated rings. The minimum absolute atomic E-state index is 0.0447. The first-order valence-electron chi connectivity index (χ1n) is 15.7. The van der Waals surface area contributed by atoms with Gasteiger partial charge in [0, 0.05) is 42.9 Å². The summed E-state index contributed by atoms with van der Waals surface area (Å²) in [6.45, 7) is 8.40. The molecule has 0 aliphatic heterocycles. The van der Waals surface area contributed by atoms with Gasteiger partial charge in [-0.3, -0.25) is 14.4 Å². The number of nitrogens with one attached hydrogen (secondary N) is 2. The van der Waals surface area contributed by atoms with Gasteiger partial charge in [-0.25, -0.2) is 9.97 Å². The summed E-state index contributed by atoms with van der Waals surface area (Å²) in [5.74, 6) is -0.320. The van der Waals surface area contributed by atoms with Gasteiger partial charge < -0.3 is 20.3 Å². The second-order valence-electron chi connectivity index (χ2n) is 12.3. The van der Waals surface area contributed by atoms with Crippen molar-refractivity contribution in [2.75, 3.05) is 6.54 Å². The van der Waals surface area contributed by atoms with Crippen LogP contribution in [0, 0.1) is 0 Å². The van der Waals surface area contributed by atoms with E-state index in [0.29, 0.717) is 28.7 Å². The summed E-state index contributed by atoms with van der Waals surface area (Å²) in [6, 6.07) is 13.7. The zero-order valence-corrected chi connectivity index (χ0v) is 26.9. The second-order valence-corrected chi connectivity index (χ2v) is 12.3. The van der Waals surface area contributed by atoms with Crippen molar-refractivity contribution in [3.05, 3.63) is 83.4 Å². The van der Waals surface area contributed by atoms with Crippen molar-refractivity contribution in [1.29, 1.82) is 0 Å². The third-order valence-electron chi connectivity index (χ3n) is 7.55. The third kappa shape index (κ3) is 9.79. The highest BCUT2D eigenvalue weighted by molar-refractivity contribution is 5.97. The van der Waals surface area contributed by atoms with Gasteiger partial charge in [0.1, 0.15) is 6.04 Å². The lowest BCUT2D eigenvalue weighted by atomic mass is 9.86. The van der Waals surface area contributed by atoms with Gasteiger partial charge in [-0.2, -0.15) is 4.98 Å². The van der Waals surface area contributed by atoms with Crippen molar-refractivity contribution in [3.63, 3.8) is 0 Å². The van der Waals surface area contributed by atoms with Gasteiger partial charge >= 0.3 is 5.97 Å². The van der Waals surface area contributed by atoms with E-state index < -0.39 is 23.8 Å². The monoisotopic (exact) mass is 626 g/mol. The number of carboxylic acid groups (broad SMARTS) is 1. The van der Waals surface area contributed by atoms with Crippen LogP contribution in [0.2, 0.25) is 0 Å². The van der Waals surface area contributed by atoms with Crippen LogP contribution in [0.4, 0.5) is 0 Å². The maximum absolute atomic E-state index is 13.1. The number of carbonyl (C=O) groups excluding carboxylic acids is 2. The third-order valence-corrected chi connectivity index (χ3v) is 7.55. The first-order chi connectivity index (χ1) is 22.0. The lowest BCUT2D eigenvalue weighted by molar-refractivity contribution is -0.137. The van der Waals surface area contributed by atoms with Crippen LogP contribution in [0.15, 0.2) is 65.4 Å². The van der Waals surface area contributed by atoms with Crippen LogP contribution in [-0.2, 0) is 27.8 Å². The lowest BCUT2D eigenvalue weighted by Crippen LogP contribution is -2.48. The number of hydrogen-bond donors (Lipinski definition) is 3. The molecule has 2 heterocycles.